The van der Waals surface area contributed by atoms with Gasteiger partial charge in [0.2, 0.25) is 0 Å². The standard InChI is InChI=1S/C18H22ClN/c1-4-16(14-8-6-5-7-9-14)18(20-3)15-11-10-13(2)17(19)12-15/h5-12,16,18,20H,4H2,1-3H3. The lowest BCUT2D eigenvalue weighted by atomic mass is 9.85. The van der Waals surface area contributed by atoms with E-state index >= 15 is 0 Å². The minimum absolute atomic E-state index is 0.278. The van der Waals surface area contributed by atoms with Gasteiger partial charge in [-0.2, -0.15) is 0 Å². The number of hydrogen-bond acceptors (Lipinski definition) is 1. The van der Waals surface area contributed by atoms with Crippen LogP contribution in [0, 0.1) is 6.92 Å². The van der Waals surface area contributed by atoms with Gasteiger partial charge in [-0.25, -0.2) is 0 Å². The highest BCUT2D eigenvalue weighted by molar-refractivity contribution is 6.31. The van der Waals surface area contributed by atoms with E-state index in [1.165, 1.54) is 11.1 Å². The average molecular weight is 288 g/mol. The lowest BCUT2D eigenvalue weighted by Gasteiger charge is -2.27. The molecule has 0 spiro atoms. The maximum absolute atomic E-state index is 6.28. The molecule has 0 aliphatic carbocycles. The summed E-state index contributed by atoms with van der Waals surface area (Å²) in [6.45, 7) is 4.27. The van der Waals surface area contributed by atoms with E-state index in [1.54, 1.807) is 0 Å². The monoisotopic (exact) mass is 287 g/mol. The van der Waals surface area contributed by atoms with Gasteiger partial charge in [-0.05, 0) is 43.1 Å². The van der Waals surface area contributed by atoms with Crippen molar-refractivity contribution in [3.8, 4) is 0 Å². The lowest BCUT2D eigenvalue weighted by Crippen LogP contribution is -2.23. The predicted molar refractivity (Wildman–Crippen MR) is 87.5 cm³/mol. The van der Waals surface area contributed by atoms with Crippen molar-refractivity contribution in [1.82, 2.24) is 5.32 Å². The summed E-state index contributed by atoms with van der Waals surface area (Å²) < 4.78 is 0. The molecule has 0 saturated heterocycles. The molecule has 1 N–H and O–H groups in total. The van der Waals surface area contributed by atoms with Crippen LogP contribution in [0.1, 0.15) is 42.0 Å². The van der Waals surface area contributed by atoms with Crippen LogP contribution in [-0.2, 0) is 0 Å². The van der Waals surface area contributed by atoms with Crippen LogP contribution in [0.4, 0.5) is 0 Å². The lowest BCUT2D eigenvalue weighted by molar-refractivity contribution is 0.468. The molecular formula is C18H22ClN. The highest BCUT2D eigenvalue weighted by Crippen LogP contribution is 2.34. The number of rotatable bonds is 5. The number of nitrogens with one attached hydrogen (secondary N) is 1. The molecule has 0 aliphatic heterocycles. The van der Waals surface area contributed by atoms with Crippen molar-refractivity contribution in [2.75, 3.05) is 7.05 Å². The highest BCUT2D eigenvalue weighted by Gasteiger charge is 2.22. The van der Waals surface area contributed by atoms with Gasteiger partial charge in [0.1, 0.15) is 0 Å². The maximum atomic E-state index is 6.28. The van der Waals surface area contributed by atoms with E-state index in [2.05, 4.69) is 60.8 Å². The molecule has 2 rings (SSSR count). The van der Waals surface area contributed by atoms with Crippen LogP contribution in [0.3, 0.4) is 0 Å². The summed E-state index contributed by atoms with van der Waals surface area (Å²) in [5, 5.41) is 4.29. The third-order valence-electron chi connectivity index (χ3n) is 3.94. The van der Waals surface area contributed by atoms with Crippen molar-refractivity contribution in [3.63, 3.8) is 0 Å². The Morgan fingerprint density at radius 2 is 1.75 bits per heavy atom. The largest absolute Gasteiger partial charge is 0.312 e. The summed E-state index contributed by atoms with van der Waals surface area (Å²) in [7, 11) is 2.02. The first-order valence-electron chi connectivity index (χ1n) is 7.15. The number of benzene rings is 2. The Bertz CT molecular complexity index is 551. The first-order valence-corrected chi connectivity index (χ1v) is 7.53. The maximum Gasteiger partial charge on any atom is 0.0438 e. The Labute approximate surface area is 127 Å². The smallest absolute Gasteiger partial charge is 0.0438 e. The van der Waals surface area contributed by atoms with Crippen molar-refractivity contribution >= 4 is 11.6 Å². The molecular weight excluding hydrogens is 266 g/mol. The normalized spacial score (nSPS) is 14.0. The van der Waals surface area contributed by atoms with Gasteiger partial charge in [-0.3, -0.25) is 0 Å². The molecule has 0 amide bonds. The topological polar surface area (TPSA) is 12.0 Å². The summed E-state index contributed by atoms with van der Waals surface area (Å²) in [6, 6.07) is 17.3. The van der Waals surface area contributed by atoms with Crippen molar-refractivity contribution < 1.29 is 0 Å². The summed E-state index contributed by atoms with van der Waals surface area (Å²) in [5.74, 6) is 0.444. The zero-order chi connectivity index (χ0) is 14.5. The molecule has 0 heterocycles. The second kappa shape index (κ2) is 6.92. The minimum Gasteiger partial charge on any atom is -0.312 e. The highest BCUT2D eigenvalue weighted by atomic mass is 35.5. The molecule has 0 radical (unpaired) electrons. The number of likely N-dealkylation sites (N-methyl/N-ethyl adjacent to an activating group) is 1. The van der Waals surface area contributed by atoms with Crippen molar-refractivity contribution in [2.24, 2.45) is 0 Å². The second-order valence-electron chi connectivity index (χ2n) is 5.20. The van der Waals surface area contributed by atoms with E-state index in [4.69, 9.17) is 11.6 Å². The zero-order valence-electron chi connectivity index (χ0n) is 12.4. The van der Waals surface area contributed by atoms with E-state index in [0.29, 0.717) is 5.92 Å². The van der Waals surface area contributed by atoms with Crippen LogP contribution in [-0.4, -0.2) is 7.05 Å². The zero-order valence-corrected chi connectivity index (χ0v) is 13.1. The van der Waals surface area contributed by atoms with E-state index in [0.717, 1.165) is 17.0 Å². The van der Waals surface area contributed by atoms with Crippen molar-refractivity contribution in [1.29, 1.82) is 0 Å². The molecule has 2 atom stereocenters. The van der Waals surface area contributed by atoms with Gasteiger partial charge in [0.05, 0.1) is 0 Å². The van der Waals surface area contributed by atoms with E-state index < -0.39 is 0 Å². The fourth-order valence-electron chi connectivity index (χ4n) is 2.77. The molecule has 106 valence electrons. The molecule has 0 aromatic heterocycles. The Morgan fingerprint density at radius 3 is 2.30 bits per heavy atom. The van der Waals surface area contributed by atoms with Crippen LogP contribution >= 0.6 is 11.6 Å². The minimum atomic E-state index is 0.278. The summed E-state index contributed by atoms with van der Waals surface area (Å²) in [4.78, 5) is 0. The molecule has 0 bridgehead atoms. The fraction of sp³-hybridized carbons (Fsp3) is 0.333. The summed E-state index contributed by atoms with van der Waals surface area (Å²) in [5.41, 5.74) is 3.74. The molecule has 2 aromatic rings. The van der Waals surface area contributed by atoms with Gasteiger partial charge in [0.25, 0.3) is 0 Å². The molecule has 0 fully saturated rings. The Hall–Kier alpha value is -1.31. The first-order chi connectivity index (χ1) is 9.67. The Kier molecular flexibility index (Phi) is 5.22. The van der Waals surface area contributed by atoms with Gasteiger partial charge in [0, 0.05) is 17.0 Å². The molecule has 0 aliphatic rings. The van der Waals surface area contributed by atoms with Crippen molar-refractivity contribution in [3.05, 3.63) is 70.2 Å². The number of aryl methyl sites for hydroxylation is 1. The Balaban J connectivity index is 2.36. The summed E-state index contributed by atoms with van der Waals surface area (Å²) in [6.07, 6.45) is 1.08. The SMILES string of the molecule is CCC(c1ccccc1)C(NC)c1ccc(C)c(Cl)c1. The van der Waals surface area contributed by atoms with E-state index in [-0.39, 0.29) is 6.04 Å². The van der Waals surface area contributed by atoms with E-state index in [9.17, 15) is 0 Å². The molecule has 2 unspecified atom stereocenters. The molecule has 2 heteroatoms. The first kappa shape index (κ1) is 15.1. The van der Waals surface area contributed by atoms with Crippen molar-refractivity contribution in [2.45, 2.75) is 32.2 Å². The average Bonchev–Trinajstić information content (AvgIpc) is 2.48. The van der Waals surface area contributed by atoms with Gasteiger partial charge < -0.3 is 5.32 Å². The van der Waals surface area contributed by atoms with Gasteiger partial charge in [-0.15, -0.1) is 0 Å². The second-order valence-corrected chi connectivity index (χ2v) is 5.61. The number of halogens is 1. The van der Waals surface area contributed by atoms with Crippen LogP contribution in [0.15, 0.2) is 48.5 Å². The third kappa shape index (κ3) is 3.23. The molecule has 2 aromatic carbocycles. The fourth-order valence-corrected chi connectivity index (χ4v) is 2.96. The number of hydrogen-bond donors (Lipinski definition) is 1. The Morgan fingerprint density at radius 1 is 1.05 bits per heavy atom. The molecule has 0 saturated carbocycles. The molecule has 20 heavy (non-hydrogen) atoms. The summed E-state index contributed by atoms with van der Waals surface area (Å²) >= 11 is 6.28. The van der Waals surface area contributed by atoms with Crippen LogP contribution in [0.25, 0.3) is 0 Å². The van der Waals surface area contributed by atoms with Crippen LogP contribution < -0.4 is 5.32 Å². The van der Waals surface area contributed by atoms with E-state index in [1.807, 2.05) is 14.0 Å². The van der Waals surface area contributed by atoms with Gasteiger partial charge in [0.15, 0.2) is 0 Å². The third-order valence-corrected chi connectivity index (χ3v) is 4.34. The van der Waals surface area contributed by atoms with Gasteiger partial charge in [-0.1, -0.05) is 61.0 Å². The van der Waals surface area contributed by atoms with Crippen LogP contribution in [0.5, 0.6) is 0 Å². The predicted octanol–water partition coefficient (Wildman–Crippen LogP) is 5.10. The quantitative estimate of drug-likeness (QED) is 0.806. The van der Waals surface area contributed by atoms with Crippen LogP contribution in [0.2, 0.25) is 5.02 Å². The molecule has 1 nitrogen and oxygen atoms in total. The van der Waals surface area contributed by atoms with Gasteiger partial charge >= 0.3 is 0 Å².